The van der Waals surface area contributed by atoms with Crippen LogP contribution in [0.15, 0.2) is 42.7 Å². The molecule has 0 spiro atoms. The monoisotopic (exact) mass is 330 g/mol. The highest BCUT2D eigenvalue weighted by molar-refractivity contribution is 6.31. The number of imidazole rings is 1. The summed E-state index contributed by atoms with van der Waals surface area (Å²) in [6, 6.07) is 11.2. The van der Waals surface area contributed by atoms with E-state index in [1.165, 1.54) is 14.2 Å². The summed E-state index contributed by atoms with van der Waals surface area (Å²) < 4.78 is 12.0. The first-order chi connectivity index (χ1) is 11.2. The summed E-state index contributed by atoms with van der Waals surface area (Å²) in [5.74, 6) is -0.0391. The third-order valence-corrected chi connectivity index (χ3v) is 4.03. The van der Waals surface area contributed by atoms with Gasteiger partial charge in [-0.3, -0.25) is 0 Å². The molecular weight excluding hydrogens is 316 g/mol. The number of carbonyl (C=O) groups is 1. The zero-order valence-electron chi connectivity index (χ0n) is 12.7. The number of carbonyl (C=O) groups excluding carboxylic acids is 1. The topological polar surface area (TPSA) is 53.4 Å². The van der Waals surface area contributed by atoms with Crippen molar-refractivity contribution < 1.29 is 14.3 Å². The van der Waals surface area contributed by atoms with Gasteiger partial charge in [0.05, 0.1) is 32.6 Å². The van der Waals surface area contributed by atoms with Gasteiger partial charge in [0.15, 0.2) is 0 Å². The predicted molar refractivity (Wildman–Crippen MR) is 88.2 cm³/mol. The number of methoxy groups -OCH3 is 2. The fraction of sp³-hybridized carbons (Fsp3) is 0.176. The molecule has 0 aliphatic heterocycles. The Bertz CT molecular complexity index is 873. The maximum atomic E-state index is 12.1. The van der Waals surface area contributed by atoms with Gasteiger partial charge in [-0.25, -0.2) is 9.78 Å². The van der Waals surface area contributed by atoms with E-state index in [1.807, 2.05) is 34.9 Å². The van der Waals surface area contributed by atoms with Crippen molar-refractivity contribution in [3.8, 4) is 5.75 Å². The summed E-state index contributed by atoms with van der Waals surface area (Å²) in [6.45, 7) is 0.559. The second-order valence-electron chi connectivity index (χ2n) is 4.97. The van der Waals surface area contributed by atoms with Gasteiger partial charge in [0.1, 0.15) is 16.8 Å². The second-order valence-corrected chi connectivity index (χ2v) is 5.37. The van der Waals surface area contributed by atoms with E-state index in [0.29, 0.717) is 28.4 Å². The summed E-state index contributed by atoms with van der Waals surface area (Å²) >= 11 is 6.22. The molecule has 6 heteroatoms. The SMILES string of the molecule is COC(=O)c1c(OC)ccc2c1ncn2Cc1ccccc1Cl. The number of benzene rings is 2. The molecule has 0 saturated heterocycles. The molecular formula is C17H15ClN2O3. The van der Waals surface area contributed by atoms with E-state index in [9.17, 15) is 4.79 Å². The van der Waals surface area contributed by atoms with Crippen LogP contribution in [0.4, 0.5) is 0 Å². The molecule has 3 rings (SSSR count). The molecule has 3 aromatic rings. The Morgan fingerprint density at radius 2 is 2.00 bits per heavy atom. The maximum Gasteiger partial charge on any atom is 0.343 e. The van der Waals surface area contributed by atoms with Crippen LogP contribution in [0.1, 0.15) is 15.9 Å². The summed E-state index contributed by atoms with van der Waals surface area (Å²) in [4.78, 5) is 16.4. The highest BCUT2D eigenvalue weighted by Crippen LogP contribution is 2.28. The van der Waals surface area contributed by atoms with Crippen LogP contribution in [0, 0.1) is 0 Å². The lowest BCUT2D eigenvalue weighted by Gasteiger charge is -2.09. The third-order valence-electron chi connectivity index (χ3n) is 3.66. The Balaban J connectivity index is 2.11. The molecule has 0 fully saturated rings. The summed E-state index contributed by atoms with van der Waals surface area (Å²) in [5.41, 5.74) is 2.66. The Hall–Kier alpha value is -2.53. The summed E-state index contributed by atoms with van der Waals surface area (Å²) in [5, 5.41) is 0.691. The van der Waals surface area contributed by atoms with Gasteiger partial charge in [0.25, 0.3) is 0 Å². The molecule has 1 aromatic heterocycles. The molecule has 0 saturated carbocycles. The second kappa shape index (κ2) is 6.30. The number of hydrogen-bond donors (Lipinski definition) is 0. The van der Waals surface area contributed by atoms with Crippen molar-refractivity contribution in [2.24, 2.45) is 0 Å². The van der Waals surface area contributed by atoms with Gasteiger partial charge in [-0.15, -0.1) is 0 Å². The average Bonchev–Trinajstić information content (AvgIpc) is 2.98. The number of aromatic nitrogens is 2. The average molecular weight is 331 g/mol. The smallest absolute Gasteiger partial charge is 0.343 e. The molecule has 1 heterocycles. The molecule has 5 nitrogen and oxygen atoms in total. The van der Waals surface area contributed by atoms with E-state index >= 15 is 0 Å². The standard InChI is InChI=1S/C17H15ClN2O3/c1-22-14-8-7-13-16(15(14)17(21)23-2)19-10-20(13)9-11-5-3-4-6-12(11)18/h3-8,10H,9H2,1-2H3. The largest absolute Gasteiger partial charge is 0.496 e. The lowest BCUT2D eigenvalue weighted by molar-refractivity contribution is 0.0599. The van der Waals surface area contributed by atoms with Gasteiger partial charge in [-0.1, -0.05) is 29.8 Å². The minimum Gasteiger partial charge on any atom is -0.496 e. The molecule has 0 N–H and O–H groups in total. The molecule has 0 aliphatic rings. The zero-order valence-corrected chi connectivity index (χ0v) is 13.5. The molecule has 0 atom stereocenters. The fourth-order valence-electron chi connectivity index (χ4n) is 2.52. The number of nitrogens with zero attached hydrogens (tertiary/aromatic N) is 2. The Morgan fingerprint density at radius 3 is 2.70 bits per heavy atom. The van der Waals surface area contributed by atoms with Crippen molar-refractivity contribution in [2.75, 3.05) is 14.2 Å². The van der Waals surface area contributed by atoms with Crippen LogP contribution in [0.5, 0.6) is 5.75 Å². The van der Waals surface area contributed by atoms with Crippen LogP contribution in [0.3, 0.4) is 0 Å². The number of rotatable bonds is 4. The molecule has 23 heavy (non-hydrogen) atoms. The first kappa shape index (κ1) is 15.4. The van der Waals surface area contributed by atoms with E-state index in [4.69, 9.17) is 21.1 Å². The number of fused-ring (bicyclic) bond motifs is 1. The summed E-state index contributed by atoms with van der Waals surface area (Å²) in [7, 11) is 2.84. The van der Waals surface area contributed by atoms with Crippen molar-refractivity contribution in [1.29, 1.82) is 0 Å². The van der Waals surface area contributed by atoms with Crippen molar-refractivity contribution in [2.45, 2.75) is 6.54 Å². The predicted octanol–water partition coefficient (Wildman–Crippen LogP) is 3.53. The highest BCUT2D eigenvalue weighted by atomic mass is 35.5. The van der Waals surface area contributed by atoms with Crippen LogP contribution in [0.25, 0.3) is 11.0 Å². The molecule has 0 radical (unpaired) electrons. The minimum absolute atomic E-state index is 0.324. The van der Waals surface area contributed by atoms with Gasteiger partial charge < -0.3 is 14.0 Å². The third kappa shape index (κ3) is 2.75. The van der Waals surface area contributed by atoms with E-state index in [0.717, 1.165) is 11.1 Å². The molecule has 0 unspecified atom stereocenters. The quantitative estimate of drug-likeness (QED) is 0.687. The molecule has 0 bridgehead atoms. The first-order valence-electron chi connectivity index (χ1n) is 6.99. The molecule has 0 aliphatic carbocycles. The van der Waals surface area contributed by atoms with Crippen molar-refractivity contribution in [3.63, 3.8) is 0 Å². The number of esters is 1. The van der Waals surface area contributed by atoms with Crippen molar-refractivity contribution >= 4 is 28.6 Å². The Kier molecular flexibility index (Phi) is 4.21. The van der Waals surface area contributed by atoms with Crippen molar-refractivity contribution in [3.05, 3.63) is 58.9 Å². The van der Waals surface area contributed by atoms with Crippen LogP contribution in [-0.2, 0) is 11.3 Å². The van der Waals surface area contributed by atoms with E-state index in [1.54, 1.807) is 12.4 Å². The van der Waals surface area contributed by atoms with Crippen LogP contribution >= 0.6 is 11.6 Å². The van der Waals surface area contributed by atoms with E-state index in [-0.39, 0.29) is 0 Å². The van der Waals surface area contributed by atoms with Gasteiger partial charge in [-0.2, -0.15) is 0 Å². The van der Waals surface area contributed by atoms with Gasteiger partial charge in [0.2, 0.25) is 0 Å². The maximum absolute atomic E-state index is 12.1. The van der Waals surface area contributed by atoms with Gasteiger partial charge in [0, 0.05) is 5.02 Å². The number of ether oxygens (including phenoxy) is 2. The Morgan fingerprint density at radius 1 is 1.22 bits per heavy atom. The normalized spacial score (nSPS) is 10.7. The Labute approximate surface area is 138 Å². The minimum atomic E-state index is -0.476. The highest BCUT2D eigenvalue weighted by Gasteiger charge is 2.20. The summed E-state index contributed by atoms with van der Waals surface area (Å²) in [6.07, 6.45) is 1.68. The first-order valence-corrected chi connectivity index (χ1v) is 7.37. The van der Waals surface area contributed by atoms with Crippen LogP contribution in [-0.4, -0.2) is 29.7 Å². The molecule has 0 amide bonds. The van der Waals surface area contributed by atoms with Gasteiger partial charge in [-0.05, 0) is 23.8 Å². The fourth-order valence-corrected chi connectivity index (χ4v) is 2.71. The number of halogens is 1. The van der Waals surface area contributed by atoms with Crippen molar-refractivity contribution in [1.82, 2.24) is 9.55 Å². The van der Waals surface area contributed by atoms with E-state index in [2.05, 4.69) is 4.98 Å². The van der Waals surface area contributed by atoms with Crippen LogP contribution in [0.2, 0.25) is 5.02 Å². The number of hydrogen-bond acceptors (Lipinski definition) is 4. The van der Waals surface area contributed by atoms with E-state index < -0.39 is 5.97 Å². The van der Waals surface area contributed by atoms with Crippen LogP contribution < -0.4 is 4.74 Å². The molecule has 2 aromatic carbocycles. The lowest BCUT2D eigenvalue weighted by Crippen LogP contribution is -2.06. The lowest BCUT2D eigenvalue weighted by atomic mass is 10.1. The molecule has 118 valence electrons. The van der Waals surface area contributed by atoms with Gasteiger partial charge >= 0.3 is 5.97 Å². The zero-order chi connectivity index (χ0) is 16.4.